The molecule has 3 heteroatoms. The minimum Gasteiger partial charge on any atom is -0.467 e. The first kappa shape index (κ1) is 10.9. The summed E-state index contributed by atoms with van der Waals surface area (Å²) in [6.45, 7) is 0.520. The highest BCUT2D eigenvalue weighted by atomic mass is 16.3. The lowest BCUT2D eigenvalue weighted by Crippen LogP contribution is -2.26. The molecule has 0 radical (unpaired) electrons. The van der Waals surface area contributed by atoms with Crippen LogP contribution in [0.15, 0.2) is 22.8 Å². The molecule has 1 aromatic heterocycles. The van der Waals surface area contributed by atoms with Crippen LogP contribution < -0.4 is 5.32 Å². The monoisotopic (exact) mass is 233 g/mol. The molecular formula is C14H19NO2. The zero-order valence-corrected chi connectivity index (χ0v) is 10.0. The molecule has 3 nitrogen and oxygen atoms in total. The Balaban J connectivity index is 1.44. The lowest BCUT2D eigenvalue weighted by Gasteiger charge is -2.20. The van der Waals surface area contributed by atoms with Crippen molar-refractivity contribution in [2.75, 3.05) is 0 Å². The fraction of sp³-hybridized carbons (Fsp3) is 0.643. The van der Waals surface area contributed by atoms with Gasteiger partial charge in [-0.3, -0.25) is 4.79 Å². The zero-order chi connectivity index (χ0) is 11.7. The van der Waals surface area contributed by atoms with Crippen molar-refractivity contribution in [1.82, 2.24) is 5.32 Å². The smallest absolute Gasteiger partial charge is 0.220 e. The van der Waals surface area contributed by atoms with Crippen molar-refractivity contribution in [2.24, 2.45) is 17.8 Å². The van der Waals surface area contributed by atoms with Crippen LogP contribution in [-0.4, -0.2) is 5.91 Å². The highest BCUT2D eigenvalue weighted by Crippen LogP contribution is 2.49. The molecule has 1 amide bonds. The third kappa shape index (κ3) is 2.38. The average molecular weight is 233 g/mol. The topological polar surface area (TPSA) is 42.2 Å². The summed E-state index contributed by atoms with van der Waals surface area (Å²) in [5.41, 5.74) is 0. The van der Waals surface area contributed by atoms with Crippen LogP contribution in [0.2, 0.25) is 0 Å². The molecule has 0 saturated heterocycles. The fourth-order valence-electron chi connectivity index (χ4n) is 3.54. The number of carbonyl (C=O) groups excluding carboxylic acids is 1. The normalized spacial score (nSPS) is 30.7. The van der Waals surface area contributed by atoms with Gasteiger partial charge >= 0.3 is 0 Å². The first-order chi connectivity index (χ1) is 8.31. The molecule has 0 spiro atoms. The summed E-state index contributed by atoms with van der Waals surface area (Å²) in [6.07, 6.45) is 7.74. The minimum absolute atomic E-state index is 0.180. The summed E-state index contributed by atoms with van der Waals surface area (Å²) in [5.74, 6) is 3.40. The maximum Gasteiger partial charge on any atom is 0.220 e. The van der Waals surface area contributed by atoms with Gasteiger partial charge in [0.05, 0.1) is 12.8 Å². The third-order valence-electron chi connectivity index (χ3n) is 4.37. The summed E-state index contributed by atoms with van der Waals surface area (Å²) < 4.78 is 5.19. The van der Waals surface area contributed by atoms with E-state index < -0.39 is 0 Å². The van der Waals surface area contributed by atoms with Crippen molar-refractivity contribution in [3.63, 3.8) is 0 Å². The van der Waals surface area contributed by atoms with Crippen molar-refractivity contribution in [1.29, 1.82) is 0 Å². The molecule has 0 aliphatic heterocycles. The molecule has 2 fully saturated rings. The first-order valence-corrected chi connectivity index (χ1v) is 6.60. The van der Waals surface area contributed by atoms with Crippen molar-refractivity contribution < 1.29 is 9.21 Å². The van der Waals surface area contributed by atoms with Gasteiger partial charge in [-0.05, 0) is 49.1 Å². The molecular weight excluding hydrogens is 214 g/mol. The summed E-state index contributed by atoms with van der Waals surface area (Å²) >= 11 is 0. The van der Waals surface area contributed by atoms with Gasteiger partial charge in [0.1, 0.15) is 5.76 Å². The first-order valence-electron chi connectivity index (χ1n) is 6.60. The molecule has 3 rings (SSSR count). The second kappa shape index (κ2) is 4.55. The van der Waals surface area contributed by atoms with Crippen molar-refractivity contribution in [3.8, 4) is 0 Å². The van der Waals surface area contributed by atoms with E-state index in [-0.39, 0.29) is 5.91 Å². The SMILES string of the molecule is O=C(C[C@@H]1C[C@@H]2CC[C@@H]1C2)NCc1ccco1. The van der Waals surface area contributed by atoms with Gasteiger partial charge in [0.25, 0.3) is 0 Å². The number of nitrogens with one attached hydrogen (secondary N) is 1. The molecule has 1 aromatic rings. The lowest BCUT2D eigenvalue weighted by molar-refractivity contribution is -0.122. The summed E-state index contributed by atoms with van der Waals surface area (Å²) in [7, 11) is 0. The molecule has 2 aliphatic carbocycles. The molecule has 1 heterocycles. The Morgan fingerprint density at radius 3 is 3.00 bits per heavy atom. The van der Waals surface area contributed by atoms with Crippen LogP contribution in [0.5, 0.6) is 0 Å². The van der Waals surface area contributed by atoms with E-state index in [1.165, 1.54) is 25.7 Å². The molecule has 2 aliphatic rings. The van der Waals surface area contributed by atoms with Gasteiger partial charge in [-0.1, -0.05) is 6.42 Å². The molecule has 3 atom stereocenters. The van der Waals surface area contributed by atoms with Crippen LogP contribution in [0.1, 0.15) is 37.9 Å². The number of hydrogen-bond donors (Lipinski definition) is 1. The van der Waals surface area contributed by atoms with E-state index in [0.29, 0.717) is 18.9 Å². The Labute approximate surface area is 102 Å². The Morgan fingerprint density at radius 1 is 1.41 bits per heavy atom. The number of rotatable bonds is 4. The van der Waals surface area contributed by atoms with Crippen LogP contribution >= 0.6 is 0 Å². The van der Waals surface area contributed by atoms with Gasteiger partial charge in [-0.25, -0.2) is 0 Å². The van der Waals surface area contributed by atoms with Crippen molar-refractivity contribution in [2.45, 2.75) is 38.6 Å². The van der Waals surface area contributed by atoms with Gasteiger partial charge < -0.3 is 9.73 Å². The van der Waals surface area contributed by atoms with E-state index >= 15 is 0 Å². The summed E-state index contributed by atoms with van der Waals surface area (Å²) in [4.78, 5) is 11.8. The standard InChI is InChI=1S/C14H19NO2/c16-14(15-9-13-2-1-5-17-13)8-12-7-10-3-4-11(12)6-10/h1-2,5,10-12H,3-4,6-9H2,(H,15,16)/t10-,11-,12+/m1/s1. The van der Waals surface area contributed by atoms with Crippen LogP contribution in [0.25, 0.3) is 0 Å². The number of fused-ring (bicyclic) bond motifs is 2. The molecule has 2 saturated carbocycles. The van der Waals surface area contributed by atoms with Gasteiger partial charge in [-0.15, -0.1) is 0 Å². The van der Waals surface area contributed by atoms with E-state index in [0.717, 1.165) is 17.6 Å². The van der Waals surface area contributed by atoms with E-state index in [1.54, 1.807) is 6.26 Å². The van der Waals surface area contributed by atoms with Gasteiger partial charge in [0.15, 0.2) is 0 Å². The van der Waals surface area contributed by atoms with E-state index in [4.69, 9.17) is 4.42 Å². The van der Waals surface area contributed by atoms with Crippen LogP contribution in [0.3, 0.4) is 0 Å². The van der Waals surface area contributed by atoms with Crippen LogP contribution in [0, 0.1) is 17.8 Å². The van der Waals surface area contributed by atoms with Crippen LogP contribution in [0.4, 0.5) is 0 Å². The van der Waals surface area contributed by atoms with Crippen molar-refractivity contribution in [3.05, 3.63) is 24.2 Å². The Hall–Kier alpha value is -1.25. The van der Waals surface area contributed by atoms with Crippen molar-refractivity contribution >= 4 is 5.91 Å². The molecule has 92 valence electrons. The molecule has 1 N–H and O–H groups in total. The predicted octanol–water partition coefficient (Wildman–Crippen LogP) is 2.72. The largest absolute Gasteiger partial charge is 0.467 e. The molecule has 2 bridgehead atoms. The maximum absolute atomic E-state index is 11.8. The zero-order valence-electron chi connectivity index (χ0n) is 10.0. The van der Waals surface area contributed by atoms with E-state index in [2.05, 4.69) is 5.32 Å². The second-order valence-corrected chi connectivity index (χ2v) is 5.50. The Kier molecular flexibility index (Phi) is 2.91. The quantitative estimate of drug-likeness (QED) is 0.868. The maximum atomic E-state index is 11.8. The van der Waals surface area contributed by atoms with E-state index in [1.807, 2.05) is 12.1 Å². The number of hydrogen-bond acceptors (Lipinski definition) is 2. The van der Waals surface area contributed by atoms with Gasteiger partial charge in [0.2, 0.25) is 5.91 Å². The Morgan fingerprint density at radius 2 is 2.35 bits per heavy atom. The van der Waals surface area contributed by atoms with Crippen LogP contribution in [-0.2, 0) is 11.3 Å². The molecule has 0 unspecified atom stereocenters. The Bertz CT molecular complexity index is 385. The average Bonchev–Trinajstić information content (AvgIpc) is 3.03. The minimum atomic E-state index is 0.180. The molecule has 0 aromatic carbocycles. The highest BCUT2D eigenvalue weighted by molar-refractivity contribution is 5.76. The second-order valence-electron chi connectivity index (χ2n) is 5.50. The predicted molar refractivity (Wildman–Crippen MR) is 64.1 cm³/mol. The summed E-state index contributed by atoms with van der Waals surface area (Å²) in [5, 5.41) is 2.94. The molecule has 17 heavy (non-hydrogen) atoms. The number of amides is 1. The third-order valence-corrected chi connectivity index (χ3v) is 4.37. The van der Waals surface area contributed by atoms with Gasteiger partial charge in [-0.2, -0.15) is 0 Å². The fourth-order valence-corrected chi connectivity index (χ4v) is 3.54. The highest BCUT2D eigenvalue weighted by Gasteiger charge is 2.39. The number of furan rings is 1. The summed E-state index contributed by atoms with van der Waals surface area (Å²) in [6, 6.07) is 3.73. The van der Waals surface area contributed by atoms with E-state index in [9.17, 15) is 4.79 Å². The number of carbonyl (C=O) groups is 1. The lowest BCUT2D eigenvalue weighted by atomic mass is 9.86. The van der Waals surface area contributed by atoms with Gasteiger partial charge in [0, 0.05) is 6.42 Å².